The van der Waals surface area contributed by atoms with Crippen molar-refractivity contribution in [3.05, 3.63) is 51.0 Å². The zero-order valence-electron chi connectivity index (χ0n) is 11.4. The number of nitro groups is 1. The van der Waals surface area contributed by atoms with Crippen LogP contribution in [0.1, 0.15) is 34.5 Å². The van der Waals surface area contributed by atoms with E-state index >= 15 is 0 Å². The van der Waals surface area contributed by atoms with Gasteiger partial charge < -0.3 is 4.98 Å². The third kappa shape index (κ3) is 2.12. The number of nitro benzene ring substituents is 1. The molecule has 0 aliphatic heterocycles. The van der Waals surface area contributed by atoms with Gasteiger partial charge in [-0.15, -0.1) is 0 Å². The Bertz CT molecular complexity index is 765. The summed E-state index contributed by atoms with van der Waals surface area (Å²) in [6.07, 6.45) is 1.87. The summed E-state index contributed by atoms with van der Waals surface area (Å²) in [6.45, 7) is 1.76. The van der Waals surface area contributed by atoms with E-state index in [1.807, 2.05) is 0 Å². The molecule has 3 rings (SSSR count). The average Bonchev–Trinajstić information content (AvgIpc) is 2.77. The van der Waals surface area contributed by atoms with Crippen LogP contribution in [0.15, 0.2) is 18.2 Å². The molecule has 0 radical (unpaired) electrons. The Morgan fingerprint density at radius 3 is 2.81 bits per heavy atom. The summed E-state index contributed by atoms with van der Waals surface area (Å²) in [5.41, 5.74) is 2.52. The molecule has 1 aromatic heterocycles. The number of hydrogen-bond acceptors (Lipinski definition) is 3. The molecule has 6 heteroatoms. The predicted octanol–water partition coefficient (Wildman–Crippen LogP) is 3.56. The number of benzene rings is 1. The van der Waals surface area contributed by atoms with Crippen LogP contribution in [0.25, 0.3) is 11.3 Å². The minimum absolute atomic E-state index is 0.0436. The Morgan fingerprint density at radius 2 is 2.10 bits per heavy atom. The van der Waals surface area contributed by atoms with Gasteiger partial charge in [-0.3, -0.25) is 14.9 Å². The highest BCUT2D eigenvalue weighted by molar-refractivity contribution is 6.01. The van der Waals surface area contributed by atoms with Crippen LogP contribution in [-0.4, -0.2) is 15.7 Å². The summed E-state index contributed by atoms with van der Waals surface area (Å²) in [6, 6.07) is 3.42. The van der Waals surface area contributed by atoms with E-state index in [0.717, 1.165) is 17.7 Å². The number of aryl methyl sites for hydroxylation is 1. The molecule has 0 spiro atoms. The summed E-state index contributed by atoms with van der Waals surface area (Å²) in [5.74, 6) is -0.496. The van der Waals surface area contributed by atoms with Crippen molar-refractivity contribution in [3.63, 3.8) is 0 Å². The van der Waals surface area contributed by atoms with Crippen LogP contribution in [0.2, 0.25) is 0 Å². The molecule has 2 aromatic rings. The fourth-order valence-electron chi connectivity index (χ4n) is 2.90. The van der Waals surface area contributed by atoms with Crippen LogP contribution in [0.5, 0.6) is 0 Å². The molecule has 0 bridgehead atoms. The molecule has 0 atom stereocenters. The molecule has 21 heavy (non-hydrogen) atoms. The van der Waals surface area contributed by atoms with Gasteiger partial charge in [-0.25, -0.2) is 4.39 Å². The quantitative estimate of drug-likeness (QED) is 0.678. The molecule has 1 aromatic carbocycles. The molecule has 0 saturated carbocycles. The molecule has 0 unspecified atom stereocenters. The third-order valence-electron chi connectivity index (χ3n) is 3.83. The number of hydrogen-bond donors (Lipinski definition) is 1. The summed E-state index contributed by atoms with van der Waals surface area (Å²) in [7, 11) is 0. The number of nitrogens with one attached hydrogen (secondary N) is 1. The van der Waals surface area contributed by atoms with E-state index in [9.17, 15) is 19.3 Å². The minimum atomic E-state index is -0.559. The summed E-state index contributed by atoms with van der Waals surface area (Å²) in [5, 5.41) is 10.9. The smallest absolute Gasteiger partial charge is 0.270 e. The number of halogens is 1. The van der Waals surface area contributed by atoms with E-state index in [2.05, 4.69) is 4.98 Å². The normalized spacial score (nSPS) is 14.1. The zero-order chi connectivity index (χ0) is 15.1. The van der Waals surface area contributed by atoms with E-state index in [0.29, 0.717) is 36.2 Å². The number of aromatic amines is 1. The summed E-state index contributed by atoms with van der Waals surface area (Å²) >= 11 is 0. The molecule has 0 fully saturated rings. The number of ketones is 1. The summed E-state index contributed by atoms with van der Waals surface area (Å²) in [4.78, 5) is 25.3. The molecule has 1 aliphatic rings. The number of carbonyl (C=O) groups excluding carboxylic acids is 1. The SMILES string of the molecule is Cc1[nH]c(-c2cc([N+](=O)[O-])ccc2F)c2c1C(=O)CCC2. The van der Waals surface area contributed by atoms with Gasteiger partial charge in [0.25, 0.3) is 5.69 Å². The van der Waals surface area contributed by atoms with Crippen molar-refractivity contribution < 1.29 is 14.1 Å². The van der Waals surface area contributed by atoms with Gasteiger partial charge in [0.1, 0.15) is 5.82 Å². The van der Waals surface area contributed by atoms with Crippen LogP contribution in [0.4, 0.5) is 10.1 Å². The van der Waals surface area contributed by atoms with Crippen molar-refractivity contribution in [3.8, 4) is 11.3 Å². The Kier molecular flexibility index (Phi) is 3.08. The van der Waals surface area contributed by atoms with E-state index < -0.39 is 10.7 Å². The first-order chi connectivity index (χ1) is 9.99. The molecule has 108 valence electrons. The van der Waals surface area contributed by atoms with Crippen molar-refractivity contribution in [2.45, 2.75) is 26.2 Å². The number of nitrogens with zero attached hydrogens (tertiary/aromatic N) is 1. The van der Waals surface area contributed by atoms with Crippen molar-refractivity contribution in [2.24, 2.45) is 0 Å². The van der Waals surface area contributed by atoms with Gasteiger partial charge in [0, 0.05) is 35.4 Å². The second kappa shape index (κ2) is 4.80. The lowest BCUT2D eigenvalue weighted by Gasteiger charge is -2.12. The van der Waals surface area contributed by atoms with Gasteiger partial charge in [-0.05, 0) is 31.4 Å². The van der Waals surface area contributed by atoms with E-state index in [1.54, 1.807) is 6.92 Å². The average molecular weight is 288 g/mol. The Balaban J connectivity index is 2.22. The first-order valence-electron chi connectivity index (χ1n) is 6.68. The topological polar surface area (TPSA) is 76.0 Å². The Hall–Kier alpha value is -2.50. The van der Waals surface area contributed by atoms with Gasteiger partial charge in [0.05, 0.1) is 10.6 Å². The van der Waals surface area contributed by atoms with Crippen LogP contribution >= 0.6 is 0 Å². The minimum Gasteiger partial charge on any atom is -0.358 e. The lowest BCUT2D eigenvalue weighted by molar-refractivity contribution is -0.384. The van der Waals surface area contributed by atoms with E-state index in [1.165, 1.54) is 6.07 Å². The molecule has 1 aliphatic carbocycles. The van der Waals surface area contributed by atoms with Gasteiger partial charge in [0.15, 0.2) is 5.78 Å². The van der Waals surface area contributed by atoms with E-state index in [-0.39, 0.29) is 17.0 Å². The monoisotopic (exact) mass is 288 g/mol. The zero-order valence-corrected chi connectivity index (χ0v) is 11.4. The van der Waals surface area contributed by atoms with Crippen molar-refractivity contribution in [1.29, 1.82) is 0 Å². The number of H-pyrrole nitrogens is 1. The molecule has 0 amide bonds. The van der Waals surface area contributed by atoms with Crippen LogP contribution in [0, 0.1) is 22.9 Å². The molecule has 0 saturated heterocycles. The van der Waals surface area contributed by atoms with Crippen LogP contribution in [-0.2, 0) is 6.42 Å². The third-order valence-corrected chi connectivity index (χ3v) is 3.83. The first-order valence-corrected chi connectivity index (χ1v) is 6.68. The number of non-ortho nitro benzene ring substituents is 1. The van der Waals surface area contributed by atoms with Crippen molar-refractivity contribution in [1.82, 2.24) is 4.98 Å². The van der Waals surface area contributed by atoms with Gasteiger partial charge in [-0.2, -0.15) is 0 Å². The standard InChI is InChI=1S/C15H13FN2O3/c1-8-14-10(3-2-4-13(14)19)15(17-8)11-7-9(18(20)21)5-6-12(11)16/h5-7,17H,2-4H2,1H3. The maximum absolute atomic E-state index is 14.1. The number of aromatic nitrogens is 1. The second-order valence-electron chi connectivity index (χ2n) is 5.18. The summed E-state index contributed by atoms with van der Waals surface area (Å²) < 4.78 is 14.1. The highest BCUT2D eigenvalue weighted by atomic mass is 19.1. The number of carbonyl (C=O) groups is 1. The van der Waals surface area contributed by atoms with Crippen molar-refractivity contribution in [2.75, 3.05) is 0 Å². The largest absolute Gasteiger partial charge is 0.358 e. The Morgan fingerprint density at radius 1 is 1.33 bits per heavy atom. The molecular weight excluding hydrogens is 275 g/mol. The lowest BCUT2D eigenvalue weighted by atomic mass is 9.89. The number of fused-ring (bicyclic) bond motifs is 1. The lowest BCUT2D eigenvalue weighted by Crippen LogP contribution is -2.10. The number of Topliss-reactive ketones (excluding diaryl/α,β-unsaturated/α-hetero) is 1. The van der Waals surface area contributed by atoms with Gasteiger partial charge >= 0.3 is 0 Å². The molecule has 1 heterocycles. The van der Waals surface area contributed by atoms with Crippen LogP contribution in [0.3, 0.4) is 0 Å². The maximum Gasteiger partial charge on any atom is 0.270 e. The molecule has 5 nitrogen and oxygen atoms in total. The predicted molar refractivity (Wildman–Crippen MR) is 74.8 cm³/mol. The molecular formula is C15H13FN2O3. The molecule has 1 N–H and O–H groups in total. The van der Waals surface area contributed by atoms with Gasteiger partial charge in [-0.1, -0.05) is 0 Å². The fourth-order valence-corrected chi connectivity index (χ4v) is 2.90. The van der Waals surface area contributed by atoms with Crippen LogP contribution < -0.4 is 0 Å². The second-order valence-corrected chi connectivity index (χ2v) is 5.18. The van der Waals surface area contributed by atoms with Gasteiger partial charge in [0.2, 0.25) is 0 Å². The highest BCUT2D eigenvalue weighted by Gasteiger charge is 2.26. The first kappa shape index (κ1) is 13.5. The van der Waals surface area contributed by atoms with Crippen molar-refractivity contribution >= 4 is 11.5 Å². The fraction of sp³-hybridized carbons (Fsp3) is 0.267. The maximum atomic E-state index is 14.1. The highest BCUT2D eigenvalue weighted by Crippen LogP contribution is 2.35. The number of rotatable bonds is 2. The Labute approximate surface area is 119 Å². The van der Waals surface area contributed by atoms with E-state index in [4.69, 9.17) is 0 Å².